The number of halogens is 3. The van der Waals surface area contributed by atoms with E-state index in [-0.39, 0.29) is 23.2 Å². The second-order valence-corrected chi connectivity index (χ2v) is 10.1. The molecule has 2 N–H and O–H groups in total. The van der Waals surface area contributed by atoms with Gasteiger partial charge in [0.05, 0.1) is 22.9 Å². The first kappa shape index (κ1) is 27.2. The maximum absolute atomic E-state index is 13.6. The number of rotatable bonds is 6. The predicted molar refractivity (Wildman–Crippen MR) is 136 cm³/mol. The summed E-state index contributed by atoms with van der Waals surface area (Å²) < 4.78 is 47.3. The summed E-state index contributed by atoms with van der Waals surface area (Å²) in [4.78, 5) is 28.9. The molecule has 4 rings (SSSR count). The Kier molecular flexibility index (Phi) is 8.28. The molecule has 2 aromatic rings. The highest BCUT2D eigenvalue weighted by Crippen LogP contribution is 2.34. The fourth-order valence-corrected chi connectivity index (χ4v) is 5.25. The van der Waals surface area contributed by atoms with Crippen LogP contribution in [0.5, 0.6) is 0 Å². The zero-order valence-corrected chi connectivity index (χ0v) is 21.5. The zero-order valence-electron chi connectivity index (χ0n) is 21.5. The number of piperidine rings is 1. The summed E-state index contributed by atoms with van der Waals surface area (Å²) in [6.45, 7) is 5.98. The summed E-state index contributed by atoms with van der Waals surface area (Å²) in [7, 11) is 2.06. The molecular weight excluding hydrogens is 485 g/mol. The number of benzene rings is 1. The molecule has 3 heterocycles. The molecule has 10 heteroatoms. The Morgan fingerprint density at radius 3 is 2.46 bits per heavy atom. The third-order valence-electron chi connectivity index (χ3n) is 7.48. The molecule has 0 saturated carbocycles. The first-order valence-electron chi connectivity index (χ1n) is 12.8. The van der Waals surface area contributed by atoms with E-state index < -0.39 is 23.7 Å². The lowest BCUT2D eigenvalue weighted by Crippen LogP contribution is -2.38. The van der Waals surface area contributed by atoms with Crippen molar-refractivity contribution in [3.63, 3.8) is 0 Å². The van der Waals surface area contributed by atoms with Gasteiger partial charge in [0.1, 0.15) is 0 Å². The molecule has 1 atom stereocenters. The van der Waals surface area contributed by atoms with Gasteiger partial charge in [0.15, 0.2) is 0 Å². The molecule has 0 bridgehead atoms. The van der Waals surface area contributed by atoms with Crippen molar-refractivity contribution in [2.75, 3.05) is 38.7 Å². The van der Waals surface area contributed by atoms with Crippen LogP contribution in [0.3, 0.4) is 0 Å². The summed E-state index contributed by atoms with van der Waals surface area (Å²) in [6.07, 6.45) is 0.205. The van der Waals surface area contributed by atoms with Crippen LogP contribution in [-0.4, -0.2) is 54.8 Å². The summed E-state index contributed by atoms with van der Waals surface area (Å²) in [5, 5.41) is 6.27. The Hall–Kier alpha value is -2.85. The molecule has 2 aliphatic rings. The minimum Gasteiger partial charge on any atom is -0.381 e. The van der Waals surface area contributed by atoms with Gasteiger partial charge in [-0.2, -0.15) is 13.2 Å². The van der Waals surface area contributed by atoms with E-state index in [0.717, 1.165) is 32.0 Å². The van der Waals surface area contributed by atoms with Crippen LogP contribution in [0, 0.1) is 6.92 Å². The lowest BCUT2D eigenvalue weighted by molar-refractivity contribution is -0.138. The van der Waals surface area contributed by atoms with Crippen molar-refractivity contribution >= 4 is 11.6 Å². The zero-order chi connectivity index (χ0) is 26.7. The smallest absolute Gasteiger partial charge is 0.381 e. The first-order chi connectivity index (χ1) is 17.5. The highest BCUT2D eigenvalue weighted by Gasteiger charge is 2.33. The normalized spacial score (nSPS) is 19.0. The van der Waals surface area contributed by atoms with E-state index in [9.17, 15) is 22.8 Å². The molecule has 0 spiro atoms. The van der Waals surface area contributed by atoms with Crippen molar-refractivity contribution in [3.05, 3.63) is 63.1 Å². The van der Waals surface area contributed by atoms with Crippen molar-refractivity contribution in [1.82, 2.24) is 14.8 Å². The van der Waals surface area contributed by atoms with Gasteiger partial charge in [0.25, 0.3) is 11.5 Å². The van der Waals surface area contributed by atoms with Gasteiger partial charge in [-0.1, -0.05) is 12.1 Å². The number of likely N-dealkylation sites (tertiary alicyclic amines) is 1. The van der Waals surface area contributed by atoms with E-state index in [4.69, 9.17) is 4.74 Å². The van der Waals surface area contributed by atoms with Crippen molar-refractivity contribution in [2.24, 2.45) is 0 Å². The molecule has 1 aromatic heterocycles. The molecule has 2 fully saturated rings. The average molecular weight is 521 g/mol. The standard InChI is InChI=1S/C27H35F3N4O3/c1-17-21(5-4-6-23(17)27(28,29)30)18(2)31-26(36)22-16-34(20-9-13-37-14-10-20)25(35)15-24(22)32-19-7-11-33(3)12-8-19/h4-6,15-16,18-20,32H,7-14H2,1-3H3,(H,31,36). The Morgan fingerprint density at radius 1 is 1.14 bits per heavy atom. The Labute approximate surface area is 215 Å². The first-order valence-corrected chi connectivity index (χ1v) is 12.8. The van der Waals surface area contributed by atoms with Crippen molar-refractivity contribution in [1.29, 1.82) is 0 Å². The third-order valence-corrected chi connectivity index (χ3v) is 7.48. The Bertz CT molecular complexity index is 1170. The fraction of sp³-hybridized carbons (Fsp3) is 0.556. The number of nitrogens with zero attached hydrogens (tertiary/aromatic N) is 2. The molecule has 0 aliphatic carbocycles. The molecule has 7 nitrogen and oxygen atoms in total. The van der Waals surface area contributed by atoms with Crippen molar-refractivity contribution in [3.8, 4) is 0 Å². The average Bonchev–Trinajstić information content (AvgIpc) is 2.85. The third kappa shape index (κ3) is 6.35. The minimum absolute atomic E-state index is 0.0756. The number of pyridine rings is 1. The van der Waals surface area contributed by atoms with E-state index in [1.165, 1.54) is 19.1 Å². The van der Waals surface area contributed by atoms with Gasteiger partial charge in [-0.05, 0) is 76.9 Å². The van der Waals surface area contributed by atoms with Crippen LogP contribution >= 0.6 is 0 Å². The largest absolute Gasteiger partial charge is 0.416 e. The van der Waals surface area contributed by atoms with Gasteiger partial charge in [-0.3, -0.25) is 9.59 Å². The fourth-order valence-electron chi connectivity index (χ4n) is 5.25. The van der Waals surface area contributed by atoms with Gasteiger partial charge in [0, 0.05) is 37.6 Å². The SMILES string of the molecule is Cc1c(C(C)NC(=O)c2cn(C3CCOCC3)c(=O)cc2NC2CCN(C)CC2)cccc1C(F)(F)F. The summed E-state index contributed by atoms with van der Waals surface area (Å²) in [5.74, 6) is -0.444. The Morgan fingerprint density at radius 2 is 1.81 bits per heavy atom. The van der Waals surface area contributed by atoms with Gasteiger partial charge >= 0.3 is 6.18 Å². The number of alkyl halides is 3. The van der Waals surface area contributed by atoms with Gasteiger partial charge in [-0.15, -0.1) is 0 Å². The summed E-state index contributed by atoms with van der Waals surface area (Å²) in [6, 6.07) is 4.83. The molecule has 37 heavy (non-hydrogen) atoms. The minimum atomic E-state index is -4.48. The van der Waals surface area contributed by atoms with Crippen LogP contribution in [0.1, 0.15) is 71.7 Å². The van der Waals surface area contributed by atoms with Crippen LogP contribution in [0.25, 0.3) is 0 Å². The van der Waals surface area contributed by atoms with Crippen molar-refractivity contribution < 1.29 is 22.7 Å². The number of carbonyl (C=O) groups excluding carboxylic acids is 1. The van der Waals surface area contributed by atoms with Crippen LogP contribution < -0.4 is 16.2 Å². The number of amides is 1. The van der Waals surface area contributed by atoms with Gasteiger partial charge < -0.3 is 24.8 Å². The molecule has 1 unspecified atom stereocenters. The molecule has 2 saturated heterocycles. The highest BCUT2D eigenvalue weighted by molar-refractivity contribution is 5.99. The van der Waals surface area contributed by atoms with Crippen molar-refractivity contribution in [2.45, 2.75) is 63.8 Å². The molecule has 2 aliphatic heterocycles. The number of nitrogens with one attached hydrogen (secondary N) is 2. The van der Waals surface area contributed by atoms with Crippen LogP contribution in [-0.2, 0) is 10.9 Å². The topological polar surface area (TPSA) is 75.6 Å². The number of hydrogen-bond donors (Lipinski definition) is 2. The van der Waals surface area contributed by atoms with E-state index in [0.29, 0.717) is 42.9 Å². The number of hydrogen-bond acceptors (Lipinski definition) is 5. The quantitative estimate of drug-likeness (QED) is 0.586. The second kappa shape index (κ2) is 11.3. The molecule has 1 amide bonds. The summed E-state index contributed by atoms with van der Waals surface area (Å²) in [5.41, 5.74) is 0.324. The summed E-state index contributed by atoms with van der Waals surface area (Å²) >= 11 is 0. The maximum Gasteiger partial charge on any atom is 0.416 e. The van der Waals surface area contributed by atoms with Crippen LogP contribution in [0.4, 0.5) is 18.9 Å². The van der Waals surface area contributed by atoms with E-state index in [1.807, 2.05) is 0 Å². The number of ether oxygens (including phenoxy) is 1. The van der Waals surface area contributed by atoms with E-state index >= 15 is 0 Å². The molecular formula is C27H35F3N4O3. The molecule has 0 radical (unpaired) electrons. The van der Waals surface area contributed by atoms with Gasteiger partial charge in [-0.25, -0.2) is 0 Å². The monoisotopic (exact) mass is 520 g/mol. The lowest BCUT2D eigenvalue weighted by Gasteiger charge is -2.31. The number of aromatic nitrogens is 1. The highest BCUT2D eigenvalue weighted by atomic mass is 19.4. The predicted octanol–water partition coefficient (Wildman–Crippen LogP) is 4.52. The van der Waals surface area contributed by atoms with E-state index in [1.54, 1.807) is 23.8 Å². The number of anilines is 1. The van der Waals surface area contributed by atoms with Gasteiger partial charge in [0.2, 0.25) is 0 Å². The maximum atomic E-state index is 13.6. The van der Waals surface area contributed by atoms with E-state index in [2.05, 4.69) is 22.6 Å². The molecule has 202 valence electrons. The number of carbonyl (C=O) groups is 1. The lowest BCUT2D eigenvalue weighted by atomic mass is 9.97. The van der Waals surface area contributed by atoms with Crippen LogP contribution in [0.15, 0.2) is 35.3 Å². The Balaban J connectivity index is 1.64. The second-order valence-electron chi connectivity index (χ2n) is 10.1. The molecule has 1 aromatic carbocycles. The van der Waals surface area contributed by atoms with Crippen LogP contribution in [0.2, 0.25) is 0 Å².